The van der Waals surface area contributed by atoms with Crippen LogP contribution in [0.3, 0.4) is 0 Å². The fourth-order valence-electron chi connectivity index (χ4n) is 2.93. The normalized spacial score (nSPS) is 44.6. The molecule has 0 aliphatic heterocycles. The third-order valence-corrected chi connectivity index (χ3v) is 4.64. The number of hydrogen-bond acceptors (Lipinski definition) is 3. The van der Waals surface area contributed by atoms with Gasteiger partial charge >= 0.3 is 5.97 Å². The summed E-state index contributed by atoms with van der Waals surface area (Å²) in [6.07, 6.45) is 4.01. The lowest BCUT2D eigenvalue weighted by molar-refractivity contribution is -0.260. The molecule has 0 radical (unpaired) electrons. The molecule has 2 aliphatic rings. The molecule has 2 saturated carbocycles. The Morgan fingerprint density at radius 3 is 2.64 bits per heavy atom. The lowest BCUT2D eigenvalue weighted by Gasteiger charge is -2.67. The monoisotopic (exact) mass is 214 g/mol. The zero-order valence-electron chi connectivity index (χ0n) is 8.88. The van der Waals surface area contributed by atoms with E-state index in [4.69, 9.17) is 4.74 Å². The molecule has 3 heteroatoms. The lowest BCUT2D eigenvalue weighted by Crippen LogP contribution is -2.67. The zero-order chi connectivity index (χ0) is 10.4. The number of carbonyl (C=O) groups is 1. The van der Waals surface area contributed by atoms with E-state index in [-0.39, 0.29) is 17.0 Å². The maximum absolute atomic E-state index is 11.4. The minimum absolute atomic E-state index is 0.0888. The number of rotatable bonds is 3. The van der Waals surface area contributed by atoms with Crippen molar-refractivity contribution < 1.29 is 9.53 Å². The standard InChI is InChI=1S/C11H18O2S/c1-10-5-3-8(10)7-11(10,2)13-9(12)4-6-14/h8,14H,3-7H2,1-2H3. The van der Waals surface area contributed by atoms with E-state index in [0.29, 0.717) is 12.2 Å². The van der Waals surface area contributed by atoms with Gasteiger partial charge in [-0.1, -0.05) is 6.92 Å². The highest BCUT2D eigenvalue weighted by molar-refractivity contribution is 7.80. The zero-order valence-corrected chi connectivity index (χ0v) is 9.77. The average molecular weight is 214 g/mol. The fourth-order valence-corrected chi connectivity index (χ4v) is 3.11. The predicted molar refractivity (Wildman–Crippen MR) is 58.4 cm³/mol. The van der Waals surface area contributed by atoms with Crippen LogP contribution in [0.15, 0.2) is 0 Å². The van der Waals surface area contributed by atoms with E-state index in [1.165, 1.54) is 12.8 Å². The lowest BCUT2D eigenvalue weighted by atomic mass is 9.41. The summed E-state index contributed by atoms with van der Waals surface area (Å²) in [6.45, 7) is 4.33. The minimum Gasteiger partial charge on any atom is -0.459 e. The van der Waals surface area contributed by atoms with Gasteiger partial charge in [-0.15, -0.1) is 0 Å². The first-order chi connectivity index (χ1) is 6.52. The third-order valence-electron chi connectivity index (χ3n) is 4.41. The second kappa shape index (κ2) is 3.16. The van der Waals surface area contributed by atoms with Gasteiger partial charge in [-0.25, -0.2) is 0 Å². The molecule has 2 rings (SSSR count). The number of ether oxygens (including phenoxy) is 1. The van der Waals surface area contributed by atoms with Gasteiger partial charge in [-0.05, 0) is 32.1 Å². The van der Waals surface area contributed by atoms with Crippen molar-refractivity contribution in [2.75, 3.05) is 5.75 Å². The number of fused-ring (bicyclic) bond motifs is 1. The Morgan fingerprint density at radius 2 is 2.29 bits per heavy atom. The summed E-state index contributed by atoms with van der Waals surface area (Å²) in [5.74, 6) is 1.29. The molecular formula is C11H18O2S. The van der Waals surface area contributed by atoms with Gasteiger partial charge in [0.25, 0.3) is 0 Å². The molecule has 0 aromatic heterocycles. The fraction of sp³-hybridized carbons (Fsp3) is 0.909. The van der Waals surface area contributed by atoms with Crippen molar-refractivity contribution >= 4 is 18.6 Å². The van der Waals surface area contributed by atoms with Crippen LogP contribution < -0.4 is 0 Å². The summed E-state index contributed by atoms with van der Waals surface area (Å²) in [5.41, 5.74) is 0.0925. The first-order valence-corrected chi connectivity index (χ1v) is 5.98. The SMILES string of the molecule is CC1(OC(=O)CCS)CC2CCC21C. The van der Waals surface area contributed by atoms with Crippen LogP contribution in [0.4, 0.5) is 0 Å². The maximum Gasteiger partial charge on any atom is 0.307 e. The van der Waals surface area contributed by atoms with E-state index in [1.807, 2.05) is 0 Å². The predicted octanol–water partition coefficient (Wildman–Crippen LogP) is 2.43. The van der Waals surface area contributed by atoms with E-state index in [0.717, 1.165) is 12.3 Å². The average Bonchev–Trinajstić information content (AvgIpc) is 2.12. The smallest absolute Gasteiger partial charge is 0.307 e. The molecular weight excluding hydrogens is 196 g/mol. The van der Waals surface area contributed by atoms with Crippen LogP contribution in [-0.4, -0.2) is 17.3 Å². The summed E-state index contributed by atoms with van der Waals surface area (Å²) in [6, 6.07) is 0. The van der Waals surface area contributed by atoms with Gasteiger partial charge in [0, 0.05) is 11.2 Å². The van der Waals surface area contributed by atoms with Crippen molar-refractivity contribution in [3.05, 3.63) is 0 Å². The highest BCUT2D eigenvalue weighted by Crippen LogP contribution is 2.67. The summed E-state index contributed by atoms with van der Waals surface area (Å²) in [7, 11) is 0. The number of esters is 1. The first kappa shape index (κ1) is 10.3. The molecule has 2 nitrogen and oxygen atoms in total. The van der Waals surface area contributed by atoms with Gasteiger partial charge in [0.05, 0.1) is 6.42 Å². The van der Waals surface area contributed by atoms with Gasteiger partial charge in [0.1, 0.15) is 5.60 Å². The first-order valence-electron chi connectivity index (χ1n) is 5.34. The molecule has 3 atom stereocenters. The number of hydrogen-bond donors (Lipinski definition) is 1. The van der Waals surface area contributed by atoms with Crippen LogP contribution >= 0.6 is 12.6 Å². The van der Waals surface area contributed by atoms with Crippen molar-refractivity contribution in [2.24, 2.45) is 11.3 Å². The topological polar surface area (TPSA) is 26.3 Å². The molecule has 0 spiro atoms. The summed E-state index contributed by atoms with van der Waals surface area (Å²) < 4.78 is 5.56. The Labute approximate surface area is 90.8 Å². The largest absolute Gasteiger partial charge is 0.459 e. The van der Waals surface area contributed by atoms with Crippen molar-refractivity contribution in [1.82, 2.24) is 0 Å². The van der Waals surface area contributed by atoms with Crippen LogP contribution in [0.2, 0.25) is 0 Å². The van der Waals surface area contributed by atoms with Gasteiger partial charge in [0.15, 0.2) is 0 Å². The Hall–Kier alpha value is -0.180. The van der Waals surface area contributed by atoms with Crippen LogP contribution in [0.25, 0.3) is 0 Å². The Kier molecular flexibility index (Phi) is 2.33. The molecule has 80 valence electrons. The molecule has 0 saturated heterocycles. The maximum atomic E-state index is 11.4. The van der Waals surface area contributed by atoms with E-state index in [9.17, 15) is 4.79 Å². The molecule has 2 fully saturated rings. The quantitative estimate of drug-likeness (QED) is 0.577. The van der Waals surface area contributed by atoms with Gasteiger partial charge in [0.2, 0.25) is 0 Å². The Morgan fingerprint density at radius 1 is 1.57 bits per heavy atom. The second-order valence-electron chi connectivity index (χ2n) is 5.04. The molecule has 0 aromatic rings. The highest BCUT2D eigenvalue weighted by atomic mass is 32.1. The number of carbonyl (C=O) groups excluding carboxylic acids is 1. The Bertz CT molecular complexity index is 266. The van der Waals surface area contributed by atoms with Crippen molar-refractivity contribution in [1.29, 1.82) is 0 Å². The molecule has 0 N–H and O–H groups in total. The third kappa shape index (κ3) is 1.21. The summed E-state index contributed by atoms with van der Waals surface area (Å²) >= 11 is 4.03. The van der Waals surface area contributed by atoms with Crippen LogP contribution in [0.1, 0.15) is 39.5 Å². The van der Waals surface area contributed by atoms with E-state index in [2.05, 4.69) is 26.5 Å². The van der Waals surface area contributed by atoms with Gasteiger partial charge < -0.3 is 4.74 Å². The molecule has 0 bridgehead atoms. The Balaban J connectivity index is 1.95. The van der Waals surface area contributed by atoms with Crippen molar-refractivity contribution in [3.8, 4) is 0 Å². The summed E-state index contributed by atoms with van der Waals surface area (Å²) in [5, 5.41) is 0. The van der Waals surface area contributed by atoms with E-state index >= 15 is 0 Å². The molecule has 0 heterocycles. The van der Waals surface area contributed by atoms with Crippen molar-refractivity contribution in [3.63, 3.8) is 0 Å². The van der Waals surface area contributed by atoms with Crippen LogP contribution in [0.5, 0.6) is 0 Å². The molecule has 3 unspecified atom stereocenters. The number of thiol groups is 1. The molecule has 0 amide bonds. The van der Waals surface area contributed by atoms with Crippen LogP contribution in [0, 0.1) is 11.3 Å². The van der Waals surface area contributed by atoms with Gasteiger partial charge in [-0.3, -0.25) is 4.79 Å². The molecule has 14 heavy (non-hydrogen) atoms. The second-order valence-corrected chi connectivity index (χ2v) is 5.48. The van der Waals surface area contributed by atoms with E-state index in [1.54, 1.807) is 0 Å². The van der Waals surface area contributed by atoms with Crippen molar-refractivity contribution in [2.45, 2.75) is 45.1 Å². The highest BCUT2D eigenvalue weighted by Gasteiger charge is 2.66. The van der Waals surface area contributed by atoms with Gasteiger partial charge in [-0.2, -0.15) is 12.6 Å². The van der Waals surface area contributed by atoms with E-state index < -0.39 is 0 Å². The molecule has 0 aromatic carbocycles. The van der Waals surface area contributed by atoms with Crippen LogP contribution in [-0.2, 0) is 9.53 Å². The summed E-state index contributed by atoms with van der Waals surface area (Å²) in [4.78, 5) is 11.4. The molecule has 2 aliphatic carbocycles. The minimum atomic E-state index is -0.185.